The topological polar surface area (TPSA) is 6.48 Å². The zero-order chi connectivity index (χ0) is 38.3. The third-order valence-corrected chi connectivity index (χ3v) is 13.5. The third kappa shape index (κ3) is 6.89. The predicted octanol–water partition coefficient (Wildman–Crippen LogP) is 15.0. The smallest absolute Gasteiger partial charge is 0.0464 e. The van der Waals surface area contributed by atoms with Crippen molar-refractivity contribution in [3.63, 3.8) is 0 Å². The van der Waals surface area contributed by atoms with Gasteiger partial charge in [-0.25, -0.2) is 0 Å². The quantitative estimate of drug-likeness (QED) is 0.124. The molecule has 282 valence electrons. The molecule has 2 unspecified atom stereocenters. The maximum atomic E-state index is 4.01. The number of aryl methyl sites for hydroxylation is 3. The average molecular weight is 733 g/mol. The summed E-state index contributed by atoms with van der Waals surface area (Å²) in [6.45, 7) is 10.6. The average Bonchev–Trinajstić information content (AvgIpc) is 3.21. The summed E-state index contributed by atoms with van der Waals surface area (Å²) >= 11 is 0. The van der Waals surface area contributed by atoms with Gasteiger partial charge in [0.1, 0.15) is 0 Å². The Balaban J connectivity index is 1.07. The SMILES string of the molecule is C=Cc1ccc(C23CC4CC(C2)CC(c2ccc(N(c5ccc(CCCC)cc5)c5ccc(N(c6cccc(C)c6)c6cccc(C)c6)cc5)cc2)(C4)C3)cc1. The number of hydrogen-bond donors (Lipinski definition) is 0. The lowest BCUT2D eigenvalue weighted by Crippen LogP contribution is -2.55. The highest BCUT2D eigenvalue weighted by Gasteiger charge is 2.58. The second-order valence-corrected chi connectivity index (χ2v) is 17.5. The Hall–Kier alpha value is -5.34. The summed E-state index contributed by atoms with van der Waals surface area (Å²) in [5.74, 6) is 1.63. The molecular weight excluding hydrogens is 677 g/mol. The second kappa shape index (κ2) is 15.0. The normalized spacial score (nSPS) is 22.2. The Morgan fingerprint density at radius 1 is 0.554 bits per heavy atom. The summed E-state index contributed by atoms with van der Waals surface area (Å²) in [7, 11) is 0. The standard InChI is InChI=1S/C54H56N2/c1-5-7-12-42-17-23-47(24-18-42)55(49-27-29-50(30-28-49)56(51-13-8-10-39(3)31-51)52-14-9-11-40(4)32-52)48-25-21-46(22-26-48)54-36-43-33-44(37-54)35-53(34-43,38-54)45-19-15-41(6-2)16-20-45/h6,8-11,13-32,43-44H,2,5,7,12,33-38H2,1,3-4H3. The maximum absolute atomic E-state index is 4.01. The summed E-state index contributed by atoms with van der Waals surface area (Å²) in [5, 5.41) is 0. The molecule has 0 aliphatic heterocycles. The molecular formula is C54H56N2. The van der Waals surface area contributed by atoms with Gasteiger partial charge >= 0.3 is 0 Å². The Labute approximate surface area is 335 Å². The molecule has 56 heavy (non-hydrogen) atoms. The molecule has 4 aliphatic carbocycles. The molecule has 6 aromatic carbocycles. The zero-order valence-corrected chi connectivity index (χ0v) is 33.6. The molecule has 10 rings (SSSR count). The number of hydrogen-bond acceptors (Lipinski definition) is 2. The minimum Gasteiger partial charge on any atom is -0.311 e. The predicted molar refractivity (Wildman–Crippen MR) is 238 cm³/mol. The lowest BCUT2D eigenvalue weighted by atomic mass is 9.42. The minimum atomic E-state index is 0.252. The van der Waals surface area contributed by atoms with Crippen molar-refractivity contribution in [3.8, 4) is 0 Å². The lowest BCUT2D eigenvalue weighted by molar-refractivity contribution is -0.0281. The van der Waals surface area contributed by atoms with E-state index in [9.17, 15) is 0 Å². The van der Waals surface area contributed by atoms with E-state index in [1.54, 1.807) is 11.1 Å². The molecule has 0 saturated heterocycles. The lowest BCUT2D eigenvalue weighted by Gasteiger charge is -2.63. The Morgan fingerprint density at radius 2 is 0.982 bits per heavy atom. The first kappa shape index (κ1) is 36.3. The fourth-order valence-electron chi connectivity index (χ4n) is 11.2. The molecule has 0 heterocycles. The van der Waals surface area contributed by atoms with Gasteiger partial charge < -0.3 is 9.80 Å². The third-order valence-electron chi connectivity index (χ3n) is 13.5. The van der Waals surface area contributed by atoms with Crippen molar-refractivity contribution < 1.29 is 0 Å². The van der Waals surface area contributed by atoms with Crippen molar-refractivity contribution in [1.29, 1.82) is 0 Å². The molecule has 0 spiro atoms. The van der Waals surface area contributed by atoms with E-state index in [1.807, 2.05) is 6.08 Å². The Bertz CT molecular complexity index is 2240. The molecule has 0 N–H and O–H groups in total. The van der Waals surface area contributed by atoms with Gasteiger partial charge in [-0.2, -0.15) is 0 Å². The van der Waals surface area contributed by atoms with E-state index >= 15 is 0 Å². The van der Waals surface area contributed by atoms with E-state index in [0.717, 1.165) is 29.6 Å². The maximum Gasteiger partial charge on any atom is 0.0464 e. The van der Waals surface area contributed by atoms with Gasteiger partial charge in [-0.05, 0) is 194 Å². The molecule has 4 fully saturated rings. The van der Waals surface area contributed by atoms with Crippen molar-refractivity contribution >= 4 is 40.2 Å². The van der Waals surface area contributed by atoms with Crippen molar-refractivity contribution in [2.24, 2.45) is 11.8 Å². The van der Waals surface area contributed by atoms with Crippen LogP contribution in [0.2, 0.25) is 0 Å². The molecule has 0 aromatic heterocycles. The highest BCUT2D eigenvalue weighted by Crippen LogP contribution is 2.66. The van der Waals surface area contributed by atoms with Crippen LogP contribution >= 0.6 is 0 Å². The van der Waals surface area contributed by atoms with E-state index in [-0.39, 0.29) is 5.41 Å². The van der Waals surface area contributed by atoms with Crippen molar-refractivity contribution in [2.45, 2.75) is 89.4 Å². The summed E-state index contributed by atoms with van der Waals surface area (Å²) in [6, 6.07) is 55.3. The summed E-state index contributed by atoms with van der Waals surface area (Å²) in [5.41, 5.74) is 15.8. The van der Waals surface area contributed by atoms with Crippen LogP contribution in [0.25, 0.3) is 6.08 Å². The van der Waals surface area contributed by atoms with Crippen molar-refractivity contribution in [3.05, 3.63) is 186 Å². The van der Waals surface area contributed by atoms with Crippen LogP contribution in [0.4, 0.5) is 34.1 Å². The molecule has 4 aliphatic rings. The summed E-state index contributed by atoms with van der Waals surface area (Å²) in [6.07, 6.45) is 13.6. The van der Waals surface area contributed by atoms with E-state index in [1.165, 1.54) is 96.4 Å². The Kier molecular flexibility index (Phi) is 9.70. The van der Waals surface area contributed by atoms with Crippen LogP contribution in [0.5, 0.6) is 0 Å². The second-order valence-electron chi connectivity index (χ2n) is 17.5. The zero-order valence-electron chi connectivity index (χ0n) is 33.6. The molecule has 0 amide bonds. The van der Waals surface area contributed by atoms with Gasteiger partial charge in [-0.1, -0.05) is 98.8 Å². The van der Waals surface area contributed by atoms with Gasteiger partial charge in [0, 0.05) is 34.1 Å². The fourth-order valence-corrected chi connectivity index (χ4v) is 11.2. The summed E-state index contributed by atoms with van der Waals surface area (Å²) in [4.78, 5) is 4.82. The van der Waals surface area contributed by atoms with Crippen LogP contribution in [-0.2, 0) is 17.3 Å². The number of benzene rings is 6. The van der Waals surface area contributed by atoms with Crippen LogP contribution in [0, 0.1) is 25.7 Å². The molecule has 4 bridgehead atoms. The molecule has 2 heteroatoms. The van der Waals surface area contributed by atoms with Crippen molar-refractivity contribution in [2.75, 3.05) is 9.80 Å². The van der Waals surface area contributed by atoms with Crippen LogP contribution in [-0.4, -0.2) is 0 Å². The van der Waals surface area contributed by atoms with Gasteiger partial charge in [-0.3, -0.25) is 0 Å². The minimum absolute atomic E-state index is 0.252. The van der Waals surface area contributed by atoms with E-state index in [0.29, 0.717) is 5.41 Å². The van der Waals surface area contributed by atoms with Gasteiger partial charge in [-0.15, -0.1) is 0 Å². The van der Waals surface area contributed by atoms with E-state index in [2.05, 4.69) is 183 Å². The highest BCUT2D eigenvalue weighted by molar-refractivity contribution is 5.81. The summed E-state index contributed by atoms with van der Waals surface area (Å²) < 4.78 is 0. The van der Waals surface area contributed by atoms with Crippen LogP contribution in [0.1, 0.15) is 91.7 Å². The number of rotatable bonds is 12. The first-order valence-corrected chi connectivity index (χ1v) is 21.1. The molecule has 4 saturated carbocycles. The molecule has 2 atom stereocenters. The van der Waals surface area contributed by atoms with E-state index in [4.69, 9.17) is 0 Å². The van der Waals surface area contributed by atoms with Gasteiger partial charge in [0.25, 0.3) is 0 Å². The largest absolute Gasteiger partial charge is 0.311 e. The van der Waals surface area contributed by atoms with Gasteiger partial charge in [0.05, 0.1) is 0 Å². The molecule has 0 radical (unpaired) electrons. The first-order chi connectivity index (χ1) is 27.3. The highest BCUT2D eigenvalue weighted by atomic mass is 15.2. The van der Waals surface area contributed by atoms with Gasteiger partial charge in [0.2, 0.25) is 0 Å². The molecule has 2 nitrogen and oxygen atoms in total. The van der Waals surface area contributed by atoms with Crippen LogP contribution in [0.15, 0.2) is 152 Å². The molecule has 6 aromatic rings. The van der Waals surface area contributed by atoms with Gasteiger partial charge in [0.15, 0.2) is 0 Å². The van der Waals surface area contributed by atoms with Crippen LogP contribution < -0.4 is 9.80 Å². The fraction of sp³-hybridized carbons (Fsp3) is 0.296. The van der Waals surface area contributed by atoms with E-state index < -0.39 is 0 Å². The number of anilines is 6. The number of nitrogens with zero attached hydrogens (tertiary/aromatic N) is 2. The Morgan fingerprint density at radius 3 is 1.43 bits per heavy atom. The first-order valence-electron chi connectivity index (χ1n) is 21.1. The van der Waals surface area contributed by atoms with Crippen molar-refractivity contribution in [1.82, 2.24) is 0 Å². The number of unbranched alkanes of at least 4 members (excludes halogenated alkanes) is 1. The van der Waals surface area contributed by atoms with Crippen LogP contribution in [0.3, 0.4) is 0 Å². The monoisotopic (exact) mass is 732 g/mol.